The molecule has 0 radical (unpaired) electrons. The van der Waals surface area contributed by atoms with Gasteiger partial charge in [-0.05, 0) is 25.1 Å². The zero-order valence-electron chi connectivity index (χ0n) is 28.2. The van der Waals surface area contributed by atoms with Crippen LogP contribution in [0.3, 0.4) is 0 Å². The molecule has 3 heterocycles. The van der Waals surface area contributed by atoms with Crippen LogP contribution in [0.15, 0.2) is 64.4 Å². The molecule has 0 spiro atoms. The number of nitrogens with zero attached hydrogens (tertiary/aromatic N) is 4. The highest BCUT2D eigenvalue weighted by molar-refractivity contribution is 6.32. The fourth-order valence-corrected chi connectivity index (χ4v) is 4.07. The summed E-state index contributed by atoms with van der Waals surface area (Å²) in [5, 5.41) is -0.191. The third-order valence-corrected chi connectivity index (χ3v) is 6.94. The highest BCUT2D eigenvalue weighted by atomic mass is 35.5. The SMILES string of the molecule is CCOCn1cc(F)c(=O)n(C(=O)c2cccc(C(=O)Oc3cc(OC(=O)c4cc(OC(=O)C(C)C)nc(OC(=O)C(C)C)c4)c(Cl)cn3)c2)c1=O. The zero-order valence-corrected chi connectivity index (χ0v) is 29.0. The first-order chi connectivity index (χ1) is 24.6. The van der Waals surface area contributed by atoms with Crippen LogP contribution >= 0.6 is 11.6 Å². The topological polar surface area (TPSA) is 201 Å². The van der Waals surface area contributed by atoms with Gasteiger partial charge in [-0.15, -0.1) is 0 Å². The Morgan fingerprint density at radius 2 is 1.40 bits per heavy atom. The molecular formula is C34H30ClFN4O12. The summed E-state index contributed by atoms with van der Waals surface area (Å²) in [5.74, 6) is -8.69. The summed E-state index contributed by atoms with van der Waals surface area (Å²) in [6, 6.07) is 7.84. The maximum Gasteiger partial charge on any atom is 0.344 e. The lowest BCUT2D eigenvalue weighted by Crippen LogP contribution is -2.45. The molecule has 4 aromatic rings. The lowest BCUT2D eigenvalue weighted by atomic mass is 10.1. The molecule has 0 aliphatic carbocycles. The van der Waals surface area contributed by atoms with Crippen molar-refractivity contribution in [1.29, 1.82) is 0 Å². The molecule has 0 atom stereocenters. The third-order valence-electron chi connectivity index (χ3n) is 6.66. The van der Waals surface area contributed by atoms with Crippen molar-refractivity contribution in [3.05, 3.63) is 103 Å². The van der Waals surface area contributed by atoms with Crippen molar-refractivity contribution in [1.82, 2.24) is 19.1 Å². The minimum absolute atomic E-state index is 0.0670. The van der Waals surface area contributed by atoms with Crippen LogP contribution in [-0.2, 0) is 21.1 Å². The average Bonchev–Trinajstić information content (AvgIpc) is 3.10. The van der Waals surface area contributed by atoms with E-state index in [0.29, 0.717) is 10.8 Å². The van der Waals surface area contributed by atoms with E-state index < -0.39 is 71.3 Å². The number of ether oxygens (including phenoxy) is 5. The molecule has 0 saturated heterocycles. The number of hydrogen-bond donors (Lipinski definition) is 0. The van der Waals surface area contributed by atoms with Gasteiger partial charge in [0.2, 0.25) is 23.5 Å². The van der Waals surface area contributed by atoms with Gasteiger partial charge in [0, 0.05) is 30.4 Å². The highest BCUT2D eigenvalue weighted by Crippen LogP contribution is 2.29. The predicted octanol–water partition coefficient (Wildman–Crippen LogP) is 3.84. The fraction of sp³-hybridized carbons (Fsp3) is 0.265. The monoisotopic (exact) mass is 740 g/mol. The van der Waals surface area contributed by atoms with Crippen LogP contribution in [0.25, 0.3) is 0 Å². The molecule has 0 bridgehead atoms. The van der Waals surface area contributed by atoms with E-state index in [0.717, 1.165) is 30.5 Å². The zero-order chi connectivity index (χ0) is 38.3. The summed E-state index contributed by atoms with van der Waals surface area (Å²) in [4.78, 5) is 96.8. The minimum atomic E-state index is -1.50. The van der Waals surface area contributed by atoms with Crippen molar-refractivity contribution in [2.24, 2.45) is 11.8 Å². The summed E-state index contributed by atoms with van der Waals surface area (Å²) >= 11 is 6.18. The maximum absolute atomic E-state index is 14.3. The normalized spacial score (nSPS) is 10.9. The molecule has 272 valence electrons. The van der Waals surface area contributed by atoms with Gasteiger partial charge in [-0.3, -0.25) is 23.7 Å². The molecule has 1 aromatic carbocycles. The second-order valence-corrected chi connectivity index (χ2v) is 11.7. The number of carbonyl (C=O) groups excluding carboxylic acids is 5. The summed E-state index contributed by atoms with van der Waals surface area (Å²) in [7, 11) is 0. The van der Waals surface area contributed by atoms with Crippen LogP contribution in [0.5, 0.6) is 23.4 Å². The van der Waals surface area contributed by atoms with Crippen molar-refractivity contribution >= 4 is 41.4 Å². The number of rotatable bonds is 12. The van der Waals surface area contributed by atoms with Gasteiger partial charge in [0.15, 0.2) is 5.75 Å². The molecule has 16 nitrogen and oxygen atoms in total. The van der Waals surface area contributed by atoms with Crippen molar-refractivity contribution in [2.45, 2.75) is 41.3 Å². The number of benzene rings is 1. The van der Waals surface area contributed by atoms with Crippen LogP contribution in [0.4, 0.5) is 4.39 Å². The number of carbonyl (C=O) groups is 5. The van der Waals surface area contributed by atoms with E-state index in [4.69, 9.17) is 35.3 Å². The molecule has 0 aliphatic heterocycles. The lowest BCUT2D eigenvalue weighted by molar-refractivity contribution is -0.138. The number of halogens is 2. The van der Waals surface area contributed by atoms with Gasteiger partial charge in [0.25, 0.3) is 11.5 Å². The molecule has 3 aromatic heterocycles. The Kier molecular flexibility index (Phi) is 12.5. The van der Waals surface area contributed by atoms with Crippen molar-refractivity contribution < 1.29 is 52.0 Å². The summed E-state index contributed by atoms with van der Waals surface area (Å²) in [5.41, 5.74) is -3.52. The van der Waals surface area contributed by atoms with Crippen LogP contribution in [0.2, 0.25) is 5.02 Å². The first-order valence-corrected chi connectivity index (χ1v) is 15.8. The molecule has 0 fully saturated rings. The van der Waals surface area contributed by atoms with E-state index in [9.17, 15) is 38.0 Å². The molecular weight excluding hydrogens is 711 g/mol. The summed E-state index contributed by atoms with van der Waals surface area (Å²) in [6.45, 7) is 7.66. The quantitative estimate of drug-likeness (QED) is 0.190. The number of pyridine rings is 2. The fourth-order valence-electron chi connectivity index (χ4n) is 3.93. The van der Waals surface area contributed by atoms with E-state index in [1.807, 2.05) is 0 Å². The van der Waals surface area contributed by atoms with Gasteiger partial charge in [-0.1, -0.05) is 45.4 Å². The Bertz CT molecular complexity index is 2140. The van der Waals surface area contributed by atoms with Crippen LogP contribution in [-0.4, -0.2) is 55.5 Å². The predicted molar refractivity (Wildman–Crippen MR) is 177 cm³/mol. The van der Waals surface area contributed by atoms with E-state index in [2.05, 4.69) is 9.97 Å². The number of esters is 4. The third kappa shape index (κ3) is 9.37. The minimum Gasteiger partial charge on any atom is -0.421 e. The standard InChI is InChI=1S/C34H30ClFN4O12/c1-6-48-16-39-15-23(36)29(42)40(34(39)47)28(41)19-8-7-9-20(10-19)32(45)50-25-13-24(22(35)14-37-25)49-33(46)21-11-26(51-30(43)17(2)3)38-27(12-21)52-31(44)18(4)5/h7-15,17-18H,6,16H2,1-5H3. The maximum atomic E-state index is 14.3. The molecule has 0 saturated carbocycles. The van der Waals surface area contributed by atoms with Crippen molar-refractivity contribution in [3.8, 4) is 23.4 Å². The smallest absolute Gasteiger partial charge is 0.344 e. The van der Waals surface area contributed by atoms with E-state index in [1.165, 1.54) is 18.2 Å². The molecule has 18 heteroatoms. The summed E-state index contributed by atoms with van der Waals surface area (Å²) < 4.78 is 41.2. The molecule has 0 unspecified atom stereocenters. The molecule has 0 amide bonds. The molecule has 0 N–H and O–H groups in total. The van der Waals surface area contributed by atoms with Crippen molar-refractivity contribution in [2.75, 3.05) is 6.61 Å². The van der Waals surface area contributed by atoms with Gasteiger partial charge < -0.3 is 23.7 Å². The second kappa shape index (κ2) is 16.8. The van der Waals surface area contributed by atoms with Gasteiger partial charge in [-0.2, -0.15) is 13.9 Å². The van der Waals surface area contributed by atoms with E-state index >= 15 is 0 Å². The Morgan fingerprint density at radius 1 is 0.808 bits per heavy atom. The van der Waals surface area contributed by atoms with Crippen LogP contribution in [0.1, 0.15) is 65.7 Å². The number of aromatic nitrogens is 4. The van der Waals surface area contributed by atoms with Gasteiger partial charge in [0.05, 0.1) is 35.4 Å². The summed E-state index contributed by atoms with van der Waals surface area (Å²) in [6.07, 6.45) is 1.62. The van der Waals surface area contributed by atoms with Gasteiger partial charge in [-0.25, -0.2) is 19.4 Å². The number of hydrogen-bond acceptors (Lipinski definition) is 14. The first kappa shape index (κ1) is 38.7. The second-order valence-electron chi connectivity index (χ2n) is 11.3. The molecule has 52 heavy (non-hydrogen) atoms. The van der Waals surface area contributed by atoms with Crippen molar-refractivity contribution in [3.63, 3.8) is 0 Å². The van der Waals surface area contributed by atoms with Gasteiger partial charge >= 0.3 is 29.6 Å². The van der Waals surface area contributed by atoms with Crippen LogP contribution < -0.4 is 30.2 Å². The first-order valence-electron chi connectivity index (χ1n) is 15.4. The Labute approximate surface area is 298 Å². The van der Waals surface area contributed by atoms with E-state index in [1.54, 1.807) is 34.6 Å². The Balaban J connectivity index is 1.57. The highest BCUT2D eigenvalue weighted by Gasteiger charge is 2.23. The Hall–Kier alpha value is -6.07. The Morgan fingerprint density at radius 3 is 2.00 bits per heavy atom. The largest absolute Gasteiger partial charge is 0.421 e. The average molecular weight is 741 g/mol. The van der Waals surface area contributed by atoms with Gasteiger partial charge in [0.1, 0.15) is 11.8 Å². The van der Waals surface area contributed by atoms with Crippen LogP contribution in [0, 0.1) is 17.7 Å². The van der Waals surface area contributed by atoms with E-state index in [-0.39, 0.29) is 50.4 Å². The molecule has 4 rings (SSSR count). The lowest BCUT2D eigenvalue weighted by Gasteiger charge is -2.12. The molecule has 0 aliphatic rings.